The van der Waals surface area contributed by atoms with Crippen LogP contribution in [0.25, 0.3) is 0 Å². The van der Waals surface area contributed by atoms with Gasteiger partial charge in [-0.1, -0.05) is 20.3 Å². The zero-order valence-electron chi connectivity index (χ0n) is 10.1. The molecule has 0 aromatic heterocycles. The van der Waals surface area contributed by atoms with E-state index in [2.05, 4.69) is 18.7 Å². The van der Waals surface area contributed by atoms with Crippen molar-refractivity contribution in [2.24, 2.45) is 0 Å². The summed E-state index contributed by atoms with van der Waals surface area (Å²) in [4.78, 5) is 2.17. The van der Waals surface area contributed by atoms with E-state index >= 15 is 0 Å². The number of rotatable bonds is 7. The van der Waals surface area contributed by atoms with Crippen molar-refractivity contribution in [1.82, 2.24) is 4.90 Å². The van der Waals surface area contributed by atoms with E-state index in [1.165, 1.54) is 6.42 Å². The third-order valence-corrected chi connectivity index (χ3v) is 2.98. The first-order valence-corrected chi connectivity index (χ1v) is 6.33. The molecule has 0 bridgehead atoms. The van der Waals surface area contributed by atoms with Crippen molar-refractivity contribution in [3.05, 3.63) is 0 Å². The lowest BCUT2D eigenvalue weighted by Gasteiger charge is -2.30. The van der Waals surface area contributed by atoms with Crippen LogP contribution in [0.15, 0.2) is 0 Å². The SMILES string of the molecule is CCCCN(CCC)C(O)C1CCCO1. The maximum absolute atomic E-state index is 10.2. The molecule has 2 atom stereocenters. The maximum atomic E-state index is 10.2. The van der Waals surface area contributed by atoms with Gasteiger partial charge in [0.1, 0.15) is 6.23 Å². The first kappa shape index (κ1) is 12.9. The molecule has 0 spiro atoms. The third-order valence-electron chi connectivity index (χ3n) is 2.98. The highest BCUT2D eigenvalue weighted by molar-refractivity contribution is 4.74. The van der Waals surface area contributed by atoms with E-state index < -0.39 is 0 Å². The predicted octanol–water partition coefficient (Wildman–Crippen LogP) is 2.00. The van der Waals surface area contributed by atoms with E-state index in [9.17, 15) is 5.11 Å². The minimum atomic E-state index is -0.390. The minimum Gasteiger partial charge on any atom is -0.376 e. The molecule has 1 fully saturated rings. The average molecular weight is 215 g/mol. The Morgan fingerprint density at radius 2 is 2.13 bits per heavy atom. The van der Waals surface area contributed by atoms with E-state index in [1.807, 2.05) is 0 Å². The van der Waals surface area contributed by atoms with E-state index in [0.717, 1.165) is 45.4 Å². The number of ether oxygens (including phenoxy) is 1. The second kappa shape index (κ2) is 7.20. The van der Waals surface area contributed by atoms with Gasteiger partial charge in [-0.25, -0.2) is 0 Å². The number of aliphatic hydroxyl groups is 1. The minimum absolute atomic E-state index is 0.0495. The van der Waals surface area contributed by atoms with Crippen LogP contribution in [-0.4, -0.2) is 42.0 Å². The summed E-state index contributed by atoms with van der Waals surface area (Å²) < 4.78 is 5.53. The highest BCUT2D eigenvalue weighted by Crippen LogP contribution is 2.18. The Morgan fingerprint density at radius 1 is 1.33 bits per heavy atom. The largest absolute Gasteiger partial charge is 0.376 e. The molecule has 0 amide bonds. The first-order chi connectivity index (χ1) is 7.29. The molecule has 90 valence electrons. The molecule has 1 rings (SSSR count). The predicted molar refractivity (Wildman–Crippen MR) is 61.8 cm³/mol. The van der Waals surface area contributed by atoms with Gasteiger partial charge in [0.2, 0.25) is 0 Å². The summed E-state index contributed by atoms with van der Waals surface area (Å²) in [6, 6.07) is 0. The standard InChI is InChI=1S/C12H25NO2/c1-3-5-9-13(8-4-2)12(14)11-7-6-10-15-11/h11-12,14H,3-10H2,1-2H3. The van der Waals surface area contributed by atoms with Gasteiger partial charge in [-0.15, -0.1) is 0 Å². The van der Waals surface area contributed by atoms with Crippen molar-refractivity contribution < 1.29 is 9.84 Å². The second-order valence-electron chi connectivity index (χ2n) is 4.35. The molecule has 1 N–H and O–H groups in total. The molecule has 2 unspecified atom stereocenters. The van der Waals surface area contributed by atoms with Gasteiger partial charge in [-0.05, 0) is 25.7 Å². The topological polar surface area (TPSA) is 32.7 Å². The van der Waals surface area contributed by atoms with Crippen LogP contribution < -0.4 is 0 Å². The number of hydrogen-bond acceptors (Lipinski definition) is 3. The number of hydrogen-bond donors (Lipinski definition) is 1. The summed E-state index contributed by atoms with van der Waals surface area (Å²) in [6.07, 6.45) is 5.19. The second-order valence-corrected chi connectivity index (χ2v) is 4.35. The molecule has 1 aliphatic rings. The number of aliphatic hydroxyl groups excluding tert-OH is 1. The van der Waals surface area contributed by atoms with Gasteiger partial charge >= 0.3 is 0 Å². The van der Waals surface area contributed by atoms with E-state index in [0.29, 0.717) is 0 Å². The molecule has 3 heteroatoms. The highest BCUT2D eigenvalue weighted by atomic mass is 16.5. The van der Waals surface area contributed by atoms with Crippen molar-refractivity contribution in [3.8, 4) is 0 Å². The van der Waals surface area contributed by atoms with Gasteiger partial charge in [0, 0.05) is 19.7 Å². The van der Waals surface area contributed by atoms with E-state index in [4.69, 9.17) is 4.74 Å². The van der Waals surface area contributed by atoms with Crippen LogP contribution >= 0.6 is 0 Å². The van der Waals surface area contributed by atoms with E-state index in [1.54, 1.807) is 0 Å². The van der Waals surface area contributed by atoms with Gasteiger partial charge in [0.25, 0.3) is 0 Å². The Labute approximate surface area is 93.4 Å². The monoisotopic (exact) mass is 215 g/mol. The fourth-order valence-corrected chi connectivity index (χ4v) is 2.10. The Balaban J connectivity index is 2.37. The van der Waals surface area contributed by atoms with Crippen LogP contribution in [0.3, 0.4) is 0 Å². The molecule has 0 saturated carbocycles. The fraction of sp³-hybridized carbons (Fsp3) is 1.00. The van der Waals surface area contributed by atoms with Crippen molar-refractivity contribution in [3.63, 3.8) is 0 Å². The van der Waals surface area contributed by atoms with Gasteiger partial charge < -0.3 is 9.84 Å². The normalized spacial score (nSPS) is 23.6. The maximum Gasteiger partial charge on any atom is 0.133 e. The van der Waals surface area contributed by atoms with Crippen molar-refractivity contribution in [1.29, 1.82) is 0 Å². The molecule has 0 aromatic rings. The van der Waals surface area contributed by atoms with Gasteiger partial charge in [0.15, 0.2) is 0 Å². The van der Waals surface area contributed by atoms with Crippen LogP contribution in [0.1, 0.15) is 46.0 Å². The lowest BCUT2D eigenvalue weighted by atomic mass is 10.2. The third kappa shape index (κ3) is 4.09. The fourth-order valence-electron chi connectivity index (χ4n) is 2.10. The molecule has 3 nitrogen and oxygen atoms in total. The molecule has 15 heavy (non-hydrogen) atoms. The Morgan fingerprint density at radius 3 is 2.67 bits per heavy atom. The molecule has 0 radical (unpaired) electrons. The van der Waals surface area contributed by atoms with Crippen LogP contribution in [0.2, 0.25) is 0 Å². The Bertz CT molecular complexity index is 158. The smallest absolute Gasteiger partial charge is 0.133 e. The van der Waals surface area contributed by atoms with Crippen molar-refractivity contribution in [2.45, 2.75) is 58.3 Å². The van der Waals surface area contributed by atoms with Gasteiger partial charge in [-0.2, -0.15) is 0 Å². The summed E-state index contributed by atoms with van der Waals surface area (Å²) in [5, 5.41) is 10.2. The van der Waals surface area contributed by atoms with Crippen LogP contribution in [-0.2, 0) is 4.74 Å². The summed E-state index contributed by atoms with van der Waals surface area (Å²) in [5.41, 5.74) is 0. The molecule has 0 aromatic carbocycles. The Kier molecular flexibility index (Phi) is 6.22. The molecule has 1 heterocycles. The van der Waals surface area contributed by atoms with Crippen LogP contribution in [0, 0.1) is 0 Å². The zero-order chi connectivity index (χ0) is 11.1. The zero-order valence-corrected chi connectivity index (χ0v) is 10.1. The van der Waals surface area contributed by atoms with E-state index in [-0.39, 0.29) is 12.3 Å². The molecular weight excluding hydrogens is 190 g/mol. The van der Waals surface area contributed by atoms with Gasteiger partial charge in [0.05, 0.1) is 6.10 Å². The quantitative estimate of drug-likeness (QED) is 0.659. The summed E-state index contributed by atoms with van der Waals surface area (Å²) in [7, 11) is 0. The average Bonchev–Trinajstić information content (AvgIpc) is 2.76. The molecule has 1 saturated heterocycles. The number of nitrogens with zero attached hydrogens (tertiary/aromatic N) is 1. The molecular formula is C12H25NO2. The molecule has 1 aliphatic heterocycles. The highest BCUT2D eigenvalue weighted by Gasteiger charge is 2.28. The summed E-state index contributed by atoms with van der Waals surface area (Å²) in [5.74, 6) is 0. The van der Waals surface area contributed by atoms with Crippen molar-refractivity contribution >= 4 is 0 Å². The first-order valence-electron chi connectivity index (χ1n) is 6.33. The van der Waals surface area contributed by atoms with Crippen LogP contribution in [0.5, 0.6) is 0 Å². The van der Waals surface area contributed by atoms with Crippen molar-refractivity contribution in [2.75, 3.05) is 19.7 Å². The van der Waals surface area contributed by atoms with Gasteiger partial charge in [-0.3, -0.25) is 4.90 Å². The lowest BCUT2D eigenvalue weighted by Crippen LogP contribution is -2.44. The van der Waals surface area contributed by atoms with Crippen LogP contribution in [0.4, 0.5) is 0 Å². The summed E-state index contributed by atoms with van der Waals surface area (Å²) >= 11 is 0. The Hall–Kier alpha value is -0.120. The summed E-state index contributed by atoms with van der Waals surface area (Å²) in [6.45, 7) is 7.12. The molecule has 0 aliphatic carbocycles. The lowest BCUT2D eigenvalue weighted by molar-refractivity contribution is -0.0911. The number of unbranched alkanes of at least 4 members (excludes halogenated alkanes) is 1.